The second kappa shape index (κ2) is 5.47. The molecular formula is C11H22N2O2. The molecule has 2 unspecified atom stereocenters. The largest absolute Gasteiger partial charge is 0.372 e. The third-order valence-corrected chi connectivity index (χ3v) is 2.72. The predicted molar refractivity (Wildman–Crippen MR) is 59.8 cm³/mol. The summed E-state index contributed by atoms with van der Waals surface area (Å²) in [5, 5.41) is 0. The van der Waals surface area contributed by atoms with Gasteiger partial charge in [0.25, 0.3) is 0 Å². The van der Waals surface area contributed by atoms with Crippen molar-refractivity contribution in [1.29, 1.82) is 0 Å². The van der Waals surface area contributed by atoms with Crippen molar-refractivity contribution < 1.29 is 9.53 Å². The van der Waals surface area contributed by atoms with Crippen LogP contribution >= 0.6 is 0 Å². The van der Waals surface area contributed by atoms with E-state index in [1.165, 1.54) is 0 Å². The van der Waals surface area contributed by atoms with Crippen LogP contribution in [0.4, 0.5) is 0 Å². The van der Waals surface area contributed by atoms with Crippen LogP contribution in [0.15, 0.2) is 0 Å². The lowest BCUT2D eigenvalue weighted by Crippen LogP contribution is -2.50. The second-order valence-corrected chi connectivity index (χ2v) is 4.39. The minimum atomic E-state index is 0.157. The van der Waals surface area contributed by atoms with Crippen LogP contribution in [0.3, 0.4) is 0 Å². The molecule has 1 heterocycles. The van der Waals surface area contributed by atoms with Gasteiger partial charge in [-0.15, -0.1) is 0 Å². The fourth-order valence-electron chi connectivity index (χ4n) is 1.82. The minimum Gasteiger partial charge on any atom is -0.372 e. The van der Waals surface area contributed by atoms with E-state index in [1.807, 2.05) is 30.7 Å². The van der Waals surface area contributed by atoms with Crippen molar-refractivity contribution in [2.45, 2.75) is 33.0 Å². The van der Waals surface area contributed by atoms with E-state index in [-0.39, 0.29) is 18.1 Å². The van der Waals surface area contributed by atoms with Gasteiger partial charge in [-0.1, -0.05) is 6.92 Å². The molecule has 0 bridgehead atoms. The first-order chi connectivity index (χ1) is 7.02. The van der Waals surface area contributed by atoms with Crippen LogP contribution in [0, 0.1) is 0 Å². The Kier molecular flexibility index (Phi) is 4.54. The molecule has 15 heavy (non-hydrogen) atoms. The first-order valence-electron chi connectivity index (χ1n) is 5.64. The van der Waals surface area contributed by atoms with Crippen molar-refractivity contribution in [2.75, 3.05) is 33.2 Å². The maximum absolute atomic E-state index is 11.9. The highest BCUT2D eigenvalue weighted by molar-refractivity contribution is 5.78. The lowest BCUT2D eigenvalue weighted by atomic mass is 10.2. The summed E-state index contributed by atoms with van der Waals surface area (Å²) in [6, 6.07) is 0. The fourth-order valence-corrected chi connectivity index (χ4v) is 1.82. The molecular weight excluding hydrogens is 192 g/mol. The van der Waals surface area contributed by atoms with Gasteiger partial charge in [-0.25, -0.2) is 0 Å². The zero-order chi connectivity index (χ0) is 11.4. The summed E-state index contributed by atoms with van der Waals surface area (Å²) in [6.07, 6.45) is 0.314. The number of ether oxygens (including phenoxy) is 1. The molecule has 4 heteroatoms. The van der Waals surface area contributed by atoms with Gasteiger partial charge in [-0.3, -0.25) is 9.69 Å². The number of carbonyl (C=O) groups is 1. The Hall–Kier alpha value is -0.610. The van der Waals surface area contributed by atoms with Crippen molar-refractivity contribution >= 4 is 5.91 Å². The molecule has 1 amide bonds. The van der Waals surface area contributed by atoms with Crippen molar-refractivity contribution in [1.82, 2.24) is 9.80 Å². The normalized spacial score (nSPS) is 27.1. The van der Waals surface area contributed by atoms with E-state index in [9.17, 15) is 4.79 Å². The quantitative estimate of drug-likeness (QED) is 0.689. The topological polar surface area (TPSA) is 32.8 Å². The van der Waals surface area contributed by atoms with Gasteiger partial charge in [0.15, 0.2) is 0 Å². The van der Waals surface area contributed by atoms with Gasteiger partial charge in [0.1, 0.15) is 0 Å². The van der Waals surface area contributed by atoms with Crippen LogP contribution in [0.1, 0.15) is 20.8 Å². The van der Waals surface area contributed by atoms with E-state index in [0.29, 0.717) is 6.54 Å². The molecule has 0 N–H and O–H groups in total. The van der Waals surface area contributed by atoms with E-state index in [0.717, 1.165) is 19.6 Å². The van der Waals surface area contributed by atoms with Crippen LogP contribution < -0.4 is 0 Å². The van der Waals surface area contributed by atoms with Crippen molar-refractivity contribution in [2.24, 2.45) is 0 Å². The third kappa shape index (κ3) is 3.80. The van der Waals surface area contributed by atoms with Gasteiger partial charge in [-0.2, -0.15) is 0 Å². The lowest BCUT2D eigenvalue weighted by molar-refractivity contribution is -0.144. The monoisotopic (exact) mass is 214 g/mol. The molecule has 0 saturated carbocycles. The molecule has 1 rings (SSSR count). The van der Waals surface area contributed by atoms with Gasteiger partial charge in [0.05, 0.1) is 18.8 Å². The summed E-state index contributed by atoms with van der Waals surface area (Å²) < 4.78 is 5.59. The number of hydrogen-bond acceptors (Lipinski definition) is 3. The number of carbonyl (C=O) groups excluding carboxylic acids is 1. The van der Waals surface area contributed by atoms with Crippen LogP contribution in [-0.2, 0) is 9.53 Å². The van der Waals surface area contributed by atoms with Crippen LogP contribution in [0.25, 0.3) is 0 Å². The summed E-state index contributed by atoms with van der Waals surface area (Å²) >= 11 is 0. The molecule has 2 atom stereocenters. The molecule has 0 radical (unpaired) electrons. The first-order valence-corrected chi connectivity index (χ1v) is 5.64. The summed E-state index contributed by atoms with van der Waals surface area (Å²) in [7, 11) is 1.96. The van der Waals surface area contributed by atoms with Gasteiger partial charge < -0.3 is 9.64 Å². The van der Waals surface area contributed by atoms with Gasteiger partial charge in [0, 0.05) is 13.1 Å². The molecule has 1 fully saturated rings. The molecule has 0 aromatic heterocycles. The first kappa shape index (κ1) is 12.5. The van der Waals surface area contributed by atoms with Crippen molar-refractivity contribution in [3.8, 4) is 0 Å². The average molecular weight is 214 g/mol. The smallest absolute Gasteiger partial charge is 0.236 e. The zero-order valence-corrected chi connectivity index (χ0v) is 10.2. The highest BCUT2D eigenvalue weighted by atomic mass is 16.5. The molecule has 1 aliphatic heterocycles. The SMILES string of the molecule is CCN(C)CC(=O)N1CC(C)OC(C)C1. The predicted octanol–water partition coefficient (Wildman–Crippen LogP) is 0.574. The number of amides is 1. The second-order valence-electron chi connectivity index (χ2n) is 4.39. The van der Waals surface area contributed by atoms with Crippen LogP contribution in [0.2, 0.25) is 0 Å². The highest BCUT2D eigenvalue weighted by Gasteiger charge is 2.25. The Morgan fingerprint density at radius 2 is 1.93 bits per heavy atom. The summed E-state index contributed by atoms with van der Waals surface area (Å²) in [4.78, 5) is 15.8. The maximum atomic E-state index is 11.9. The Bertz CT molecular complexity index is 211. The molecule has 88 valence electrons. The maximum Gasteiger partial charge on any atom is 0.236 e. The van der Waals surface area contributed by atoms with Crippen LogP contribution in [0.5, 0.6) is 0 Å². The molecule has 0 spiro atoms. The molecule has 1 saturated heterocycles. The standard InChI is InChI=1S/C11H22N2O2/c1-5-12(4)8-11(14)13-6-9(2)15-10(3)7-13/h9-10H,5-8H2,1-4H3. The summed E-state index contributed by atoms with van der Waals surface area (Å²) in [5.41, 5.74) is 0. The van der Waals surface area contributed by atoms with Crippen molar-refractivity contribution in [3.63, 3.8) is 0 Å². The number of nitrogens with zero attached hydrogens (tertiary/aromatic N) is 2. The molecule has 0 aromatic carbocycles. The number of likely N-dealkylation sites (N-methyl/N-ethyl adjacent to an activating group) is 1. The van der Waals surface area contributed by atoms with E-state index < -0.39 is 0 Å². The zero-order valence-electron chi connectivity index (χ0n) is 10.2. The molecule has 0 aromatic rings. The average Bonchev–Trinajstić information content (AvgIpc) is 2.16. The van der Waals surface area contributed by atoms with E-state index >= 15 is 0 Å². The highest BCUT2D eigenvalue weighted by Crippen LogP contribution is 2.10. The van der Waals surface area contributed by atoms with Gasteiger partial charge >= 0.3 is 0 Å². The van der Waals surface area contributed by atoms with E-state index in [1.54, 1.807) is 0 Å². The van der Waals surface area contributed by atoms with Gasteiger partial charge in [0.2, 0.25) is 5.91 Å². The number of morpholine rings is 1. The fraction of sp³-hybridized carbons (Fsp3) is 0.909. The van der Waals surface area contributed by atoms with Crippen molar-refractivity contribution in [3.05, 3.63) is 0 Å². The number of hydrogen-bond donors (Lipinski definition) is 0. The molecule has 4 nitrogen and oxygen atoms in total. The number of rotatable bonds is 3. The van der Waals surface area contributed by atoms with Crippen LogP contribution in [-0.4, -0.2) is 61.1 Å². The van der Waals surface area contributed by atoms with E-state index in [4.69, 9.17) is 4.74 Å². The molecule has 0 aliphatic carbocycles. The Morgan fingerprint density at radius 3 is 2.40 bits per heavy atom. The third-order valence-electron chi connectivity index (χ3n) is 2.72. The Morgan fingerprint density at radius 1 is 1.40 bits per heavy atom. The van der Waals surface area contributed by atoms with E-state index in [2.05, 4.69) is 6.92 Å². The summed E-state index contributed by atoms with van der Waals surface area (Å²) in [5.74, 6) is 0.210. The lowest BCUT2D eigenvalue weighted by Gasteiger charge is -2.36. The Labute approximate surface area is 92.2 Å². The molecule has 1 aliphatic rings. The van der Waals surface area contributed by atoms with Gasteiger partial charge in [-0.05, 0) is 27.4 Å². The summed E-state index contributed by atoms with van der Waals surface area (Å²) in [6.45, 7) is 8.94. The minimum absolute atomic E-state index is 0.157. The Balaban J connectivity index is 2.44.